The van der Waals surface area contributed by atoms with Gasteiger partial charge in [-0.2, -0.15) is 4.98 Å². The lowest BCUT2D eigenvalue weighted by Gasteiger charge is -1.96. The van der Waals surface area contributed by atoms with E-state index in [1.54, 1.807) is 36.4 Å². The number of sulfone groups is 1. The monoisotopic (exact) mass is 379 g/mol. The van der Waals surface area contributed by atoms with Gasteiger partial charge >= 0.3 is 6.01 Å². The number of benzene rings is 2. The molecule has 4 rings (SSSR count). The molecule has 1 N–H and O–H groups in total. The summed E-state index contributed by atoms with van der Waals surface area (Å²) in [6, 6.07) is 10.3. The van der Waals surface area contributed by atoms with Crippen LogP contribution in [0.2, 0.25) is 5.02 Å². The summed E-state index contributed by atoms with van der Waals surface area (Å²) in [5.74, 6) is 0. The fraction of sp³-hybridized carbons (Fsp3) is 0.0667. The lowest BCUT2D eigenvalue weighted by molar-refractivity contribution is 0.602. The van der Waals surface area contributed by atoms with Crippen molar-refractivity contribution in [3.63, 3.8) is 0 Å². The SMILES string of the molecule is CS(=O)(=O)c1ccc2nc(Nc3nc4ccc(Cl)cc4o3)sc2c1. The van der Waals surface area contributed by atoms with E-state index in [1.807, 2.05) is 0 Å². The van der Waals surface area contributed by atoms with Gasteiger partial charge in [0.2, 0.25) is 0 Å². The van der Waals surface area contributed by atoms with Crippen LogP contribution in [0.5, 0.6) is 0 Å². The molecule has 0 fully saturated rings. The Labute approximate surface area is 146 Å². The highest BCUT2D eigenvalue weighted by Gasteiger charge is 2.12. The summed E-state index contributed by atoms with van der Waals surface area (Å²) in [5.41, 5.74) is 1.96. The van der Waals surface area contributed by atoms with Crippen LogP contribution in [-0.2, 0) is 9.84 Å². The first-order valence-corrected chi connectivity index (χ1v) is 9.91. The largest absolute Gasteiger partial charge is 0.423 e. The number of oxazole rings is 1. The van der Waals surface area contributed by atoms with Crippen molar-refractivity contribution in [2.24, 2.45) is 0 Å². The van der Waals surface area contributed by atoms with E-state index in [2.05, 4.69) is 15.3 Å². The zero-order valence-corrected chi connectivity index (χ0v) is 14.7. The second-order valence-electron chi connectivity index (χ2n) is 5.18. The van der Waals surface area contributed by atoms with Gasteiger partial charge in [-0.15, -0.1) is 0 Å². The van der Waals surface area contributed by atoms with Gasteiger partial charge in [-0.25, -0.2) is 13.4 Å². The zero-order chi connectivity index (χ0) is 16.9. The normalized spacial score (nSPS) is 12.1. The average Bonchev–Trinajstić information content (AvgIpc) is 3.07. The lowest BCUT2D eigenvalue weighted by Crippen LogP contribution is -1.95. The Morgan fingerprint density at radius 2 is 1.92 bits per heavy atom. The predicted molar refractivity (Wildman–Crippen MR) is 95.0 cm³/mol. The minimum absolute atomic E-state index is 0.265. The van der Waals surface area contributed by atoms with Crippen LogP contribution in [0.3, 0.4) is 0 Å². The summed E-state index contributed by atoms with van der Waals surface area (Å²) >= 11 is 7.25. The molecule has 4 aromatic rings. The molecule has 122 valence electrons. The third kappa shape index (κ3) is 2.83. The number of halogens is 1. The molecule has 0 bridgehead atoms. The van der Waals surface area contributed by atoms with Crippen molar-refractivity contribution in [1.29, 1.82) is 0 Å². The first kappa shape index (κ1) is 15.4. The molecule has 0 radical (unpaired) electrons. The number of nitrogens with zero attached hydrogens (tertiary/aromatic N) is 2. The van der Waals surface area contributed by atoms with Crippen LogP contribution in [-0.4, -0.2) is 24.6 Å². The van der Waals surface area contributed by atoms with Gasteiger partial charge in [-0.1, -0.05) is 22.9 Å². The molecule has 2 aromatic carbocycles. The highest BCUT2D eigenvalue weighted by molar-refractivity contribution is 7.90. The molecule has 0 atom stereocenters. The zero-order valence-electron chi connectivity index (χ0n) is 12.3. The Kier molecular flexibility index (Phi) is 3.48. The standard InChI is InChI=1S/C15H10ClN3O3S2/c1-24(20,21)9-3-5-11-13(7-9)23-15(18-11)19-14-17-10-4-2-8(16)6-12(10)22-14/h2-7H,1H3,(H,17,18,19). The van der Waals surface area contributed by atoms with Crippen molar-refractivity contribution in [3.05, 3.63) is 41.4 Å². The Morgan fingerprint density at radius 3 is 2.71 bits per heavy atom. The Morgan fingerprint density at radius 1 is 1.12 bits per heavy atom. The second kappa shape index (κ2) is 5.44. The maximum absolute atomic E-state index is 11.6. The maximum atomic E-state index is 11.6. The summed E-state index contributed by atoms with van der Waals surface area (Å²) in [4.78, 5) is 8.98. The fourth-order valence-electron chi connectivity index (χ4n) is 2.23. The van der Waals surface area contributed by atoms with E-state index in [9.17, 15) is 8.42 Å². The van der Waals surface area contributed by atoms with Gasteiger partial charge in [0.15, 0.2) is 20.6 Å². The van der Waals surface area contributed by atoms with E-state index in [0.717, 1.165) is 4.70 Å². The van der Waals surface area contributed by atoms with Crippen LogP contribution in [0.25, 0.3) is 21.3 Å². The number of fused-ring (bicyclic) bond motifs is 2. The van der Waals surface area contributed by atoms with Crippen LogP contribution in [0.15, 0.2) is 45.7 Å². The van der Waals surface area contributed by atoms with Crippen molar-refractivity contribution in [3.8, 4) is 0 Å². The van der Waals surface area contributed by atoms with Gasteiger partial charge in [0, 0.05) is 17.3 Å². The second-order valence-corrected chi connectivity index (χ2v) is 8.66. The summed E-state index contributed by atoms with van der Waals surface area (Å²) in [6.07, 6.45) is 1.18. The molecule has 2 heterocycles. The Balaban J connectivity index is 1.70. The van der Waals surface area contributed by atoms with E-state index < -0.39 is 9.84 Å². The number of thiazole rings is 1. The van der Waals surface area contributed by atoms with E-state index >= 15 is 0 Å². The van der Waals surface area contributed by atoms with E-state index in [0.29, 0.717) is 32.8 Å². The topological polar surface area (TPSA) is 85.1 Å². The Hall–Kier alpha value is -2.16. The summed E-state index contributed by atoms with van der Waals surface area (Å²) in [6.45, 7) is 0. The highest BCUT2D eigenvalue weighted by Crippen LogP contribution is 2.31. The van der Waals surface area contributed by atoms with Crippen molar-refractivity contribution in [2.75, 3.05) is 11.6 Å². The van der Waals surface area contributed by atoms with Crippen LogP contribution in [0, 0.1) is 0 Å². The lowest BCUT2D eigenvalue weighted by atomic mass is 10.3. The maximum Gasteiger partial charge on any atom is 0.302 e. The summed E-state index contributed by atoms with van der Waals surface area (Å²) in [7, 11) is -3.25. The molecule has 9 heteroatoms. The van der Waals surface area contributed by atoms with Gasteiger partial charge in [-0.05, 0) is 30.3 Å². The minimum Gasteiger partial charge on any atom is -0.423 e. The van der Waals surface area contributed by atoms with Crippen LogP contribution in [0.4, 0.5) is 11.1 Å². The molecule has 2 aromatic heterocycles. The molecule has 0 amide bonds. The molecular weight excluding hydrogens is 370 g/mol. The number of aromatic nitrogens is 2. The van der Waals surface area contributed by atoms with Gasteiger partial charge in [0.25, 0.3) is 0 Å². The molecule has 0 unspecified atom stereocenters. The molecular formula is C15H10ClN3O3S2. The third-order valence-corrected chi connectivity index (χ3v) is 5.63. The predicted octanol–water partition coefficient (Wildman–Crippen LogP) is 4.24. The first-order chi connectivity index (χ1) is 11.4. The molecule has 0 spiro atoms. The quantitative estimate of drug-likeness (QED) is 0.573. The number of anilines is 2. The van der Waals surface area contributed by atoms with Crippen molar-refractivity contribution < 1.29 is 12.8 Å². The molecule has 0 aliphatic heterocycles. The van der Waals surface area contributed by atoms with Gasteiger partial charge in [-0.3, -0.25) is 5.32 Å². The molecule has 0 aliphatic rings. The number of hydrogen-bond acceptors (Lipinski definition) is 7. The average molecular weight is 380 g/mol. The van der Waals surface area contributed by atoms with Crippen molar-refractivity contribution >= 4 is 65.2 Å². The Bertz CT molecular complexity index is 1180. The van der Waals surface area contributed by atoms with Crippen molar-refractivity contribution in [2.45, 2.75) is 4.90 Å². The third-order valence-electron chi connectivity index (χ3n) is 3.35. The van der Waals surface area contributed by atoms with E-state index in [4.69, 9.17) is 16.0 Å². The number of hydrogen-bond donors (Lipinski definition) is 1. The minimum atomic E-state index is -3.25. The molecule has 24 heavy (non-hydrogen) atoms. The van der Waals surface area contributed by atoms with Crippen molar-refractivity contribution in [1.82, 2.24) is 9.97 Å². The molecule has 0 saturated carbocycles. The fourth-order valence-corrected chi connectivity index (χ4v) is 4.01. The van der Waals surface area contributed by atoms with E-state index in [1.165, 1.54) is 17.6 Å². The first-order valence-electron chi connectivity index (χ1n) is 6.82. The number of rotatable bonds is 3. The van der Waals surface area contributed by atoms with Crippen LogP contribution in [0.1, 0.15) is 0 Å². The molecule has 0 saturated heterocycles. The van der Waals surface area contributed by atoms with Crippen LogP contribution >= 0.6 is 22.9 Å². The van der Waals surface area contributed by atoms with Gasteiger partial charge in [0.1, 0.15) is 5.52 Å². The summed E-state index contributed by atoms with van der Waals surface area (Å²) in [5, 5.41) is 4.13. The smallest absolute Gasteiger partial charge is 0.302 e. The summed E-state index contributed by atoms with van der Waals surface area (Å²) < 4.78 is 29.6. The van der Waals surface area contributed by atoms with Gasteiger partial charge < -0.3 is 4.42 Å². The van der Waals surface area contributed by atoms with Gasteiger partial charge in [0.05, 0.1) is 15.1 Å². The highest BCUT2D eigenvalue weighted by atomic mass is 35.5. The number of nitrogens with one attached hydrogen (secondary N) is 1. The van der Waals surface area contributed by atoms with Crippen LogP contribution < -0.4 is 5.32 Å². The molecule has 0 aliphatic carbocycles. The van der Waals surface area contributed by atoms with E-state index in [-0.39, 0.29) is 4.90 Å². The molecule has 6 nitrogen and oxygen atoms in total.